The van der Waals surface area contributed by atoms with E-state index < -0.39 is 0 Å². The van der Waals surface area contributed by atoms with Gasteiger partial charge in [0.1, 0.15) is 0 Å². The highest BCUT2D eigenvalue weighted by molar-refractivity contribution is 9.10. The van der Waals surface area contributed by atoms with Crippen molar-refractivity contribution in [3.05, 3.63) is 40.3 Å². The lowest BCUT2D eigenvalue weighted by Gasteiger charge is -2.06. The number of benzene rings is 1. The Balaban J connectivity index is 2.43. The van der Waals surface area contributed by atoms with E-state index in [0.29, 0.717) is 0 Å². The van der Waals surface area contributed by atoms with Crippen molar-refractivity contribution in [3.8, 4) is 0 Å². The van der Waals surface area contributed by atoms with E-state index in [1.54, 1.807) is 0 Å². The summed E-state index contributed by atoms with van der Waals surface area (Å²) in [6.07, 6.45) is 4.06. The van der Waals surface area contributed by atoms with Gasteiger partial charge in [-0.2, -0.15) is 0 Å². The van der Waals surface area contributed by atoms with Crippen LogP contribution in [0.4, 0.5) is 5.69 Å². The molecule has 14 heavy (non-hydrogen) atoms. The number of hydrogen-bond donors (Lipinski definition) is 1. The third kappa shape index (κ3) is 3.72. The van der Waals surface area contributed by atoms with Gasteiger partial charge in [0.15, 0.2) is 0 Å². The molecule has 0 aliphatic rings. The van der Waals surface area contributed by atoms with Gasteiger partial charge in [0, 0.05) is 16.7 Å². The number of allylic oxidation sites excluding steroid dienone is 1. The van der Waals surface area contributed by atoms with Crippen molar-refractivity contribution in [1.29, 1.82) is 0 Å². The maximum absolute atomic E-state index is 5.95. The molecule has 1 nitrogen and oxygen atoms in total. The van der Waals surface area contributed by atoms with Crippen LogP contribution in [0, 0.1) is 0 Å². The van der Waals surface area contributed by atoms with Crippen molar-refractivity contribution in [3.63, 3.8) is 0 Å². The summed E-state index contributed by atoms with van der Waals surface area (Å²) in [6.45, 7) is 4.62. The summed E-state index contributed by atoms with van der Waals surface area (Å²) in [5.74, 6) is 0. The summed E-state index contributed by atoms with van der Waals surface area (Å²) < 4.78 is 0.927. The number of unbranched alkanes of at least 4 members (excludes halogenated alkanes) is 1. The van der Waals surface area contributed by atoms with Crippen LogP contribution in [0.1, 0.15) is 12.8 Å². The van der Waals surface area contributed by atoms with Crippen LogP contribution in [0.3, 0.4) is 0 Å². The Bertz CT molecular complexity index is 312. The van der Waals surface area contributed by atoms with E-state index in [1.807, 2.05) is 24.3 Å². The van der Waals surface area contributed by atoms with Crippen molar-refractivity contribution in [2.45, 2.75) is 12.8 Å². The lowest BCUT2D eigenvalue weighted by molar-refractivity contribution is 0.891. The molecule has 0 radical (unpaired) electrons. The van der Waals surface area contributed by atoms with Crippen LogP contribution in [-0.2, 0) is 0 Å². The maximum atomic E-state index is 5.95. The first-order chi connectivity index (χ1) is 6.74. The van der Waals surface area contributed by atoms with E-state index in [9.17, 15) is 0 Å². The lowest BCUT2D eigenvalue weighted by Crippen LogP contribution is -2.00. The monoisotopic (exact) mass is 273 g/mol. The predicted molar refractivity (Wildman–Crippen MR) is 67.1 cm³/mol. The average molecular weight is 275 g/mol. The van der Waals surface area contributed by atoms with Crippen LogP contribution in [0.25, 0.3) is 0 Å². The molecule has 0 amide bonds. The van der Waals surface area contributed by atoms with E-state index in [-0.39, 0.29) is 0 Å². The molecule has 0 aliphatic carbocycles. The molecule has 1 aromatic carbocycles. The molecule has 76 valence electrons. The fourth-order valence-electron chi connectivity index (χ4n) is 1.09. The first kappa shape index (κ1) is 11.6. The molecule has 0 saturated carbocycles. The highest BCUT2D eigenvalue weighted by Gasteiger charge is 1.97. The summed E-state index contributed by atoms with van der Waals surface area (Å²) in [7, 11) is 0. The molecule has 0 bridgehead atoms. The zero-order valence-electron chi connectivity index (χ0n) is 7.89. The quantitative estimate of drug-likeness (QED) is 0.616. The minimum absolute atomic E-state index is 0.735. The molecule has 0 unspecified atom stereocenters. The molecule has 0 aromatic heterocycles. The topological polar surface area (TPSA) is 12.0 Å². The van der Waals surface area contributed by atoms with E-state index in [4.69, 9.17) is 11.6 Å². The van der Waals surface area contributed by atoms with Gasteiger partial charge in [0.05, 0.1) is 5.02 Å². The van der Waals surface area contributed by atoms with Crippen molar-refractivity contribution in [2.75, 3.05) is 11.9 Å². The third-order valence-corrected chi connectivity index (χ3v) is 3.07. The van der Waals surface area contributed by atoms with Gasteiger partial charge in [-0.3, -0.25) is 0 Å². The van der Waals surface area contributed by atoms with Crippen molar-refractivity contribution < 1.29 is 0 Å². The molecule has 0 atom stereocenters. The Morgan fingerprint density at radius 1 is 1.50 bits per heavy atom. The summed E-state index contributed by atoms with van der Waals surface area (Å²) in [6, 6.07) is 5.86. The van der Waals surface area contributed by atoms with E-state index >= 15 is 0 Å². The second kappa shape index (κ2) is 6.10. The van der Waals surface area contributed by atoms with Crippen LogP contribution in [0.2, 0.25) is 5.02 Å². The summed E-state index contributed by atoms with van der Waals surface area (Å²) in [5.41, 5.74) is 1.06. The largest absolute Gasteiger partial charge is 0.385 e. The van der Waals surface area contributed by atoms with Gasteiger partial charge >= 0.3 is 0 Å². The predicted octanol–water partition coefficient (Wildman–Crippen LogP) is 4.48. The highest BCUT2D eigenvalue weighted by atomic mass is 79.9. The van der Waals surface area contributed by atoms with E-state index in [1.165, 1.54) is 0 Å². The van der Waals surface area contributed by atoms with Gasteiger partial charge in [0.25, 0.3) is 0 Å². The van der Waals surface area contributed by atoms with Gasteiger partial charge in [-0.1, -0.05) is 17.7 Å². The van der Waals surface area contributed by atoms with Gasteiger partial charge in [-0.05, 0) is 47.0 Å². The van der Waals surface area contributed by atoms with Gasteiger partial charge in [-0.25, -0.2) is 0 Å². The van der Waals surface area contributed by atoms with Gasteiger partial charge in [-0.15, -0.1) is 6.58 Å². The van der Waals surface area contributed by atoms with Crippen molar-refractivity contribution in [1.82, 2.24) is 0 Å². The molecule has 1 rings (SSSR count). The minimum Gasteiger partial charge on any atom is -0.385 e. The molecule has 1 aromatic rings. The molecule has 0 heterocycles. The molecule has 1 N–H and O–H groups in total. The second-order valence-corrected chi connectivity index (χ2v) is 4.25. The first-order valence-electron chi connectivity index (χ1n) is 4.54. The fourth-order valence-corrected chi connectivity index (χ4v) is 1.51. The van der Waals surface area contributed by atoms with Crippen molar-refractivity contribution >= 4 is 33.2 Å². The summed E-state index contributed by atoms with van der Waals surface area (Å²) in [5, 5.41) is 4.03. The Labute approximate surface area is 98.3 Å². The fraction of sp³-hybridized carbons (Fsp3) is 0.273. The first-order valence-corrected chi connectivity index (χ1v) is 5.71. The van der Waals surface area contributed by atoms with Crippen LogP contribution < -0.4 is 5.32 Å². The Morgan fingerprint density at radius 3 is 2.93 bits per heavy atom. The van der Waals surface area contributed by atoms with Gasteiger partial charge < -0.3 is 5.32 Å². The van der Waals surface area contributed by atoms with E-state index in [0.717, 1.165) is 34.6 Å². The average Bonchev–Trinajstić information content (AvgIpc) is 2.18. The van der Waals surface area contributed by atoms with Crippen LogP contribution >= 0.6 is 27.5 Å². The van der Waals surface area contributed by atoms with Crippen LogP contribution in [0.15, 0.2) is 35.3 Å². The SMILES string of the molecule is C=CCCCNc1ccc(Br)c(Cl)c1. The molecular weight excluding hydrogens is 261 g/mol. The smallest absolute Gasteiger partial charge is 0.0568 e. The van der Waals surface area contributed by atoms with E-state index in [2.05, 4.69) is 27.8 Å². The number of halogens is 2. The highest BCUT2D eigenvalue weighted by Crippen LogP contribution is 2.25. The molecule has 0 saturated heterocycles. The lowest BCUT2D eigenvalue weighted by atomic mass is 10.3. The van der Waals surface area contributed by atoms with Crippen LogP contribution in [-0.4, -0.2) is 6.54 Å². The number of nitrogens with one attached hydrogen (secondary N) is 1. The minimum atomic E-state index is 0.735. The Hall–Kier alpha value is -0.470. The number of rotatable bonds is 5. The number of anilines is 1. The van der Waals surface area contributed by atoms with Crippen LogP contribution in [0.5, 0.6) is 0 Å². The molecular formula is C11H13BrClN. The standard InChI is InChI=1S/C11H13BrClN/c1-2-3-4-7-14-9-5-6-10(12)11(13)8-9/h2,5-6,8,14H,1,3-4,7H2. The Morgan fingerprint density at radius 2 is 2.29 bits per heavy atom. The summed E-state index contributed by atoms with van der Waals surface area (Å²) in [4.78, 5) is 0. The zero-order chi connectivity index (χ0) is 10.4. The zero-order valence-corrected chi connectivity index (χ0v) is 10.2. The second-order valence-electron chi connectivity index (χ2n) is 2.99. The van der Waals surface area contributed by atoms with Gasteiger partial charge in [0.2, 0.25) is 0 Å². The summed E-state index contributed by atoms with van der Waals surface area (Å²) >= 11 is 9.30. The maximum Gasteiger partial charge on any atom is 0.0568 e. The molecule has 0 spiro atoms. The molecule has 0 aliphatic heterocycles. The number of hydrogen-bond acceptors (Lipinski definition) is 1. The normalized spacial score (nSPS) is 9.86. The molecule has 0 fully saturated rings. The third-order valence-electron chi connectivity index (χ3n) is 1.83. The molecule has 3 heteroatoms. The Kier molecular flexibility index (Phi) is 5.05. The van der Waals surface area contributed by atoms with Crippen molar-refractivity contribution in [2.24, 2.45) is 0 Å².